The van der Waals surface area contributed by atoms with Crippen LogP contribution in [0.5, 0.6) is 0 Å². The molecular formula is C13H13F3O3. The van der Waals surface area contributed by atoms with E-state index in [0.717, 1.165) is 12.1 Å². The van der Waals surface area contributed by atoms with Crippen molar-refractivity contribution in [2.75, 3.05) is 13.2 Å². The van der Waals surface area contributed by atoms with Crippen LogP contribution in [-0.2, 0) is 22.1 Å². The molecule has 1 aromatic rings. The van der Waals surface area contributed by atoms with E-state index in [9.17, 15) is 23.1 Å². The van der Waals surface area contributed by atoms with Crippen LogP contribution in [0, 0.1) is 5.41 Å². The van der Waals surface area contributed by atoms with Crippen molar-refractivity contribution in [2.45, 2.75) is 19.0 Å². The molecule has 1 saturated heterocycles. The largest absolute Gasteiger partial charge is 0.481 e. The Morgan fingerprint density at radius 2 is 2.16 bits per heavy atom. The Bertz CT molecular complexity index is 476. The molecule has 1 unspecified atom stereocenters. The smallest absolute Gasteiger partial charge is 0.416 e. The first-order chi connectivity index (χ1) is 8.83. The molecule has 1 aliphatic rings. The highest BCUT2D eigenvalue weighted by Crippen LogP contribution is 2.35. The summed E-state index contributed by atoms with van der Waals surface area (Å²) in [6.07, 6.45) is -4.05. The van der Waals surface area contributed by atoms with Crippen LogP contribution in [-0.4, -0.2) is 24.3 Å². The quantitative estimate of drug-likeness (QED) is 0.921. The predicted molar refractivity (Wildman–Crippen MR) is 60.7 cm³/mol. The fourth-order valence-corrected chi connectivity index (χ4v) is 2.24. The third-order valence-corrected chi connectivity index (χ3v) is 3.35. The maximum absolute atomic E-state index is 12.6. The van der Waals surface area contributed by atoms with Crippen molar-refractivity contribution >= 4 is 5.97 Å². The Hall–Kier alpha value is -1.56. The summed E-state index contributed by atoms with van der Waals surface area (Å²) in [6, 6.07) is 4.78. The third-order valence-electron chi connectivity index (χ3n) is 3.35. The Morgan fingerprint density at radius 3 is 2.68 bits per heavy atom. The summed E-state index contributed by atoms with van der Waals surface area (Å²) in [5.74, 6) is -1.03. The number of hydrogen-bond acceptors (Lipinski definition) is 2. The number of hydrogen-bond donors (Lipinski definition) is 1. The maximum atomic E-state index is 12.6. The number of alkyl halides is 3. The number of carbonyl (C=O) groups is 1. The van der Waals surface area contributed by atoms with E-state index in [-0.39, 0.29) is 13.0 Å². The minimum absolute atomic E-state index is 0.0403. The first-order valence-electron chi connectivity index (χ1n) is 5.81. The van der Waals surface area contributed by atoms with Crippen molar-refractivity contribution < 1.29 is 27.8 Å². The van der Waals surface area contributed by atoms with Crippen molar-refractivity contribution in [1.82, 2.24) is 0 Å². The molecule has 104 valence electrons. The lowest BCUT2D eigenvalue weighted by Crippen LogP contribution is -2.33. The molecule has 19 heavy (non-hydrogen) atoms. The second-order valence-electron chi connectivity index (χ2n) is 4.76. The predicted octanol–water partition coefficient (Wildman–Crippen LogP) is 2.74. The van der Waals surface area contributed by atoms with Gasteiger partial charge in [0.05, 0.1) is 17.6 Å². The van der Waals surface area contributed by atoms with Gasteiger partial charge in [0.15, 0.2) is 0 Å². The van der Waals surface area contributed by atoms with Gasteiger partial charge in [0, 0.05) is 6.61 Å². The first kappa shape index (κ1) is 13.9. The number of halogens is 3. The normalized spacial score (nSPS) is 23.5. The van der Waals surface area contributed by atoms with Crippen molar-refractivity contribution in [3.63, 3.8) is 0 Å². The summed E-state index contributed by atoms with van der Waals surface area (Å²) in [6.45, 7) is 0.365. The highest BCUT2D eigenvalue weighted by atomic mass is 19.4. The fraction of sp³-hybridized carbons (Fsp3) is 0.462. The summed E-state index contributed by atoms with van der Waals surface area (Å²) in [5.41, 5.74) is -1.50. The van der Waals surface area contributed by atoms with Crippen LogP contribution in [0.4, 0.5) is 13.2 Å². The van der Waals surface area contributed by atoms with Crippen LogP contribution >= 0.6 is 0 Å². The summed E-state index contributed by atoms with van der Waals surface area (Å²) in [5, 5.41) is 9.25. The SMILES string of the molecule is O=C(O)C1(Cc2cccc(C(F)(F)F)c2)CCOC1. The topological polar surface area (TPSA) is 46.5 Å². The summed E-state index contributed by atoms with van der Waals surface area (Å²) >= 11 is 0. The average Bonchev–Trinajstić information content (AvgIpc) is 2.78. The number of benzene rings is 1. The lowest BCUT2D eigenvalue weighted by molar-refractivity contribution is -0.148. The molecular weight excluding hydrogens is 261 g/mol. The number of carboxylic acid groups (broad SMARTS) is 1. The molecule has 0 saturated carbocycles. The Morgan fingerprint density at radius 1 is 1.42 bits per heavy atom. The molecule has 0 amide bonds. The van der Waals surface area contributed by atoms with Gasteiger partial charge in [-0.15, -0.1) is 0 Å². The maximum Gasteiger partial charge on any atom is 0.416 e. The Balaban J connectivity index is 2.25. The second-order valence-corrected chi connectivity index (χ2v) is 4.76. The van der Waals surface area contributed by atoms with E-state index in [2.05, 4.69) is 0 Å². The zero-order valence-corrected chi connectivity index (χ0v) is 10.0. The van der Waals surface area contributed by atoms with Crippen molar-refractivity contribution in [3.8, 4) is 0 Å². The molecule has 1 heterocycles. The van der Waals surface area contributed by atoms with Gasteiger partial charge >= 0.3 is 12.1 Å². The molecule has 3 nitrogen and oxygen atoms in total. The number of ether oxygens (including phenoxy) is 1. The lowest BCUT2D eigenvalue weighted by atomic mass is 9.81. The average molecular weight is 274 g/mol. The summed E-state index contributed by atoms with van der Waals surface area (Å²) < 4.78 is 42.9. The Labute approximate surface area is 108 Å². The van der Waals surface area contributed by atoms with Crippen molar-refractivity contribution in [1.29, 1.82) is 0 Å². The van der Waals surface area contributed by atoms with Gasteiger partial charge in [0.2, 0.25) is 0 Å². The van der Waals surface area contributed by atoms with Crippen LogP contribution in [0.1, 0.15) is 17.5 Å². The van der Waals surface area contributed by atoms with E-state index < -0.39 is 23.1 Å². The van der Waals surface area contributed by atoms with Crippen molar-refractivity contribution in [2.24, 2.45) is 5.41 Å². The molecule has 1 N–H and O–H groups in total. The van der Waals surface area contributed by atoms with Crippen LogP contribution in [0.15, 0.2) is 24.3 Å². The monoisotopic (exact) mass is 274 g/mol. The highest BCUT2D eigenvalue weighted by molar-refractivity contribution is 5.75. The first-order valence-corrected chi connectivity index (χ1v) is 5.81. The third kappa shape index (κ3) is 2.89. The fourth-order valence-electron chi connectivity index (χ4n) is 2.24. The molecule has 0 radical (unpaired) electrons. The van der Waals surface area contributed by atoms with Gasteiger partial charge in [-0.2, -0.15) is 13.2 Å². The van der Waals surface area contributed by atoms with Gasteiger partial charge in [0.1, 0.15) is 0 Å². The Kier molecular flexibility index (Phi) is 3.54. The minimum Gasteiger partial charge on any atom is -0.481 e. The van der Waals surface area contributed by atoms with Gasteiger partial charge in [-0.25, -0.2) is 0 Å². The highest BCUT2D eigenvalue weighted by Gasteiger charge is 2.42. The second kappa shape index (κ2) is 4.85. The molecule has 1 fully saturated rings. The molecule has 2 rings (SSSR count). The van der Waals surface area contributed by atoms with E-state index >= 15 is 0 Å². The van der Waals surface area contributed by atoms with E-state index in [0.29, 0.717) is 18.6 Å². The van der Waals surface area contributed by atoms with Crippen LogP contribution < -0.4 is 0 Å². The van der Waals surface area contributed by atoms with Gasteiger partial charge in [-0.3, -0.25) is 4.79 Å². The van der Waals surface area contributed by atoms with Gasteiger partial charge < -0.3 is 9.84 Å². The molecule has 6 heteroatoms. The molecule has 0 bridgehead atoms. The zero-order chi connectivity index (χ0) is 14.1. The van der Waals surface area contributed by atoms with Gasteiger partial charge in [-0.05, 0) is 24.5 Å². The van der Waals surface area contributed by atoms with Gasteiger partial charge in [-0.1, -0.05) is 18.2 Å². The van der Waals surface area contributed by atoms with E-state index in [1.165, 1.54) is 12.1 Å². The summed E-state index contributed by atoms with van der Waals surface area (Å²) in [7, 11) is 0. The standard InChI is InChI=1S/C13H13F3O3/c14-13(15,16)10-3-1-2-9(6-10)7-12(11(17)18)4-5-19-8-12/h1-3,6H,4-5,7-8H2,(H,17,18). The number of carboxylic acids is 1. The van der Waals surface area contributed by atoms with Gasteiger partial charge in [0.25, 0.3) is 0 Å². The molecule has 0 spiro atoms. The zero-order valence-electron chi connectivity index (χ0n) is 10.0. The van der Waals surface area contributed by atoms with Crippen molar-refractivity contribution in [3.05, 3.63) is 35.4 Å². The van der Waals surface area contributed by atoms with Crippen LogP contribution in [0.3, 0.4) is 0 Å². The number of aliphatic carboxylic acids is 1. The van der Waals surface area contributed by atoms with E-state index in [4.69, 9.17) is 4.74 Å². The minimum atomic E-state index is -4.42. The molecule has 1 atom stereocenters. The molecule has 1 aliphatic heterocycles. The lowest BCUT2D eigenvalue weighted by Gasteiger charge is -2.22. The van der Waals surface area contributed by atoms with E-state index in [1.54, 1.807) is 0 Å². The molecule has 1 aromatic carbocycles. The summed E-state index contributed by atoms with van der Waals surface area (Å²) in [4.78, 5) is 11.3. The molecule has 0 aromatic heterocycles. The number of rotatable bonds is 3. The van der Waals surface area contributed by atoms with Crippen LogP contribution in [0.2, 0.25) is 0 Å². The molecule has 0 aliphatic carbocycles. The van der Waals surface area contributed by atoms with E-state index in [1.807, 2.05) is 0 Å². The van der Waals surface area contributed by atoms with Crippen LogP contribution in [0.25, 0.3) is 0 Å².